The summed E-state index contributed by atoms with van der Waals surface area (Å²) in [5, 5.41) is 9.62. The van der Waals surface area contributed by atoms with Crippen LogP contribution in [0.15, 0.2) is 0 Å². The molecule has 1 aliphatic carbocycles. The first-order valence-electron chi connectivity index (χ1n) is 6.04. The van der Waals surface area contributed by atoms with Crippen LogP contribution < -0.4 is 0 Å². The number of aliphatic hydroxyl groups excluding tert-OH is 1. The van der Waals surface area contributed by atoms with Gasteiger partial charge in [0.25, 0.3) is 0 Å². The zero-order valence-electron chi connectivity index (χ0n) is 10.6. The second-order valence-corrected chi connectivity index (χ2v) is 4.88. The van der Waals surface area contributed by atoms with E-state index in [-0.39, 0.29) is 12.8 Å². The summed E-state index contributed by atoms with van der Waals surface area (Å²) < 4.78 is 74.8. The fraction of sp³-hybridized carbons (Fsp3) is 0.909. The quantitative estimate of drug-likeness (QED) is 0.796. The molecule has 0 heterocycles. The van der Waals surface area contributed by atoms with Gasteiger partial charge in [-0.1, -0.05) is 12.8 Å². The molecular formula is C11H15F6NO2. The zero-order valence-corrected chi connectivity index (χ0v) is 10.6. The number of halogens is 6. The molecule has 20 heavy (non-hydrogen) atoms. The van der Waals surface area contributed by atoms with Gasteiger partial charge in [0.15, 0.2) is 0 Å². The average molecular weight is 307 g/mol. The molecule has 0 aromatic rings. The highest BCUT2D eigenvalue weighted by molar-refractivity contribution is 5.80. The summed E-state index contributed by atoms with van der Waals surface area (Å²) in [6.45, 7) is 0. The average Bonchev–Trinajstić information content (AvgIpc) is 2.24. The van der Waals surface area contributed by atoms with Crippen molar-refractivity contribution < 1.29 is 36.2 Å². The standard InChI is InChI=1S/C11H15F6NO2/c1-18(6-4-2-3-5-7(6)19)9(20)8(10(12,13)14)11(15,16)17/h6-8,19H,2-5H2,1H3. The van der Waals surface area contributed by atoms with Crippen molar-refractivity contribution in [2.45, 2.75) is 50.2 Å². The Morgan fingerprint density at radius 3 is 1.95 bits per heavy atom. The summed E-state index contributed by atoms with van der Waals surface area (Å²) in [5.74, 6) is -6.12. The van der Waals surface area contributed by atoms with E-state index < -0.39 is 36.3 Å². The fourth-order valence-electron chi connectivity index (χ4n) is 2.38. The Hall–Kier alpha value is -0.990. The van der Waals surface area contributed by atoms with Gasteiger partial charge in [0.1, 0.15) is 0 Å². The van der Waals surface area contributed by atoms with Crippen molar-refractivity contribution >= 4 is 5.91 Å². The number of carbonyl (C=O) groups excluding carboxylic acids is 1. The number of amides is 1. The molecule has 1 rings (SSSR count). The predicted octanol–water partition coefficient (Wildman–Crippen LogP) is 2.49. The first kappa shape index (κ1) is 17.1. The lowest BCUT2D eigenvalue weighted by Crippen LogP contribution is -2.54. The van der Waals surface area contributed by atoms with E-state index in [0.29, 0.717) is 17.7 Å². The largest absolute Gasteiger partial charge is 0.409 e. The van der Waals surface area contributed by atoms with E-state index in [0.717, 1.165) is 7.05 Å². The maximum atomic E-state index is 12.5. The number of hydrogen-bond acceptors (Lipinski definition) is 2. The smallest absolute Gasteiger partial charge is 0.391 e. The molecule has 1 saturated carbocycles. The maximum Gasteiger partial charge on any atom is 0.409 e. The molecule has 9 heteroatoms. The topological polar surface area (TPSA) is 40.5 Å². The highest BCUT2D eigenvalue weighted by Crippen LogP contribution is 2.41. The molecule has 0 bridgehead atoms. The minimum absolute atomic E-state index is 0.186. The van der Waals surface area contributed by atoms with Crippen molar-refractivity contribution in [2.24, 2.45) is 5.92 Å². The van der Waals surface area contributed by atoms with E-state index >= 15 is 0 Å². The molecule has 0 aromatic heterocycles. The molecule has 1 fully saturated rings. The van der Waals surface area contributed by atoms with E-state index in [1.165, 1.54) is 0 Å². The van der Waals surface area contributed by atoms with E-state index in [4.69, 9.17) is 0 Å². The Bertz CT molecular complexity index is 340. The molecule has 1 aliphatic rings. The van der Waals surface area contributed by atoms with Crippen LogP contribution in [0.1, 0.15) is 25.7 Å². The zero-order chi connectivity index (χ0) is 15.7. The minimum Gasteiger partial charge on any atom is -0.391 e. The first-order valence-corrected chi connectivity index (χ1v) is 6.04. The van der Waals surface area contributed by atoms with Crippen LogP contribution in [0, 0.1) is 5.92 Å². The Kier molecular flexibility index (Phi) is 4.94. The second kappa shape index (κ2) is 5.79. The number of carbonyl (C=O) groups is 1. The molecule has 118 valence electrons. The molecule has 2 unspecified atom stereocenters. The Morgan fingerprint density at radius 2 is 1.55 bits per heavy atom. The van der Waals surface area contributed by atoms with E-state index in [1.54, 1.807) is 0 Å². The third kappa shape index (κ3) is 3.77. The summed E-state index contributed by atoms with van der Waals surface area (Å²) in [7, 11) is 0.867. The monoisotopic (exact) mass is 307 g/mol. The normalized spacial score (nSPS) is 24.9. The third-order valence-electron chi connectivity index (χ3n) is 3.44. The van der Waals surface area contributed by atoms with Gasteiger partial charge in [-0.2, -0.15) is 26.3 Å². The molecule has 0 spiro atoms. The van der Waals surface area contributed by atoms with Crippen LogP contribution in [-0.4, -0.2) is 47.5 Å². The lowest BCUT2D eigenvalue weighted by atomic mass is 9.90. The van der Waals surface area contributed by atoms with Gasteiger partial charge in [0, 0.05) is 7.05 Å². The molecule has 0 radical (unpaired) electrons. The van der Waals surface area contributed by atoms with Crippen LogP contribution in [0.3, 0.4) is 0 Å². The summed E-state index contributed by atoms with van der Waals surface area (Å²) >= 11 is 0. The van der Waals surface area contributed by atoms with Gasteiger partial charge in [-0.05, 0) is 12.8 Å². The molecular weight excluding hydrogens is 292 g/mol. The van der Waals surface area contributed by atoms with Crippen molar-refractivity contribution in [2.75, 3.05) is 7.05 Å². The highest BCUT2D eigenvalue weighted by atomic mass is 19.4. The minimum atomic E-state index is -5.71. The van der Waals surface area contributed by atoms with Gasteiger partial charge in [-0.25, -0.2) is 0 Å². The van der Waals surface area contributed by atoms with Crippen LogP contribution in [0.25, 0.3) is 0 Å². The molecule has 1 N–H and O–H groups in total. The molecule has 1 amide bonds. The third-order valence-corrected chi connectivity index (χ3v) is 3.44. The van der Waals surface area contributed by atoms with Gasteiger partial charge in [0.05, 0.1) is 12.1 Å². The predicted molar refractivity (Wildman–Crippen MR) is 56.6 cm³/mol. The van der Waals surface area contributed by atoms with Crippen molar-refractivity contribution in [3.8, 4) is 0 Å². The summed E-state index contributed by atoms with van der Waals surface area (Å²) in [4.78, 5) is 11.9. The number of rotatable bonds is 2. The number of nitrogens with zero attached hydrogens (tertiary/aromatic N) is 1. The van der Waals surface area contributed by atoms with Gasteiger partial charge >= 0.3 is 12.4 Å². The van der Waals surface area contributed by atoms with E-state index in [9.17, 15) is 36.2 Å². The Balaban J connectivity index is 2.95. The summed E-state index contributed by atoms with van der Waals surface area (Å²) in [6.07, 6.45) is -10.9. The lowest BCUT2D eigenvalue weighted by molar-refractivity contribution is -0.278. The summed E-state index contributed by atoms with van der Waals surface area (Å²) in [6, 6.07) is -1.01. The number of aliphatic hydroxyl groups is 1. The van der Waals surface area contributed by atoms with Gasteiger partial charge in [-0.3, -0.25) is 4.79 Å². The molecule has 0 saturated heterocycles. The van der Waals surface area contributed by atoms with Crippen molar-refractivity contribution in [1.29, 1.82) is 0 Å². The SMILES string of the molecule is CN(C(=O)C(C(F)(F)F)C(F)(F)F)C1CCCCC1O. The van der Waals surface area contributed by atoms with Crippen molar-refractivity contribution in [1.82, 2.24) is 4.90 Å². The van der Waals surface area contributed by atoms with Gasteiger partial charge in [-0.15, -0.1) is 0 Å². The number of likely N-dealkylation sites (N-methyl/N-ethyl adjacent to an activating group) is 1. The van der Waals surface area contributed by atoms with Gasteiger partial charge in [0.2, 0.25) is 11.8 Å². The molecule has 0 aromatic carbocycles. The van der Waals surface area contributed by atoms with Crippen LogP contribution in [-0.2, 0) is 4.79 Å². The first-order chi connectivity index (χ1) is 8.96. The molecule has 3 nitrogen and oxygen atoms in total. The van der Waals surface area contributed by atoms with E-state index in [2.05, 4.69) is 0 Å². The highest BCUT2D eigenvalue weighted by Gasteiger charge is 2.62. The number of alkyl halides is 6. The second-order valence-electron chi connectivity index (χ2n) is 4.88. The van der Waals surface area contributed by atoms with Crippen molar-refractivity contribution in [3.05, 3.63) is 0 Å². The maximum absolute atomic E-state index is 12.5. The van der Waals surface area contributed by atoms with E-state index in [1.807, 2.05) is 0 Å². The summed E-state index contributed by atoms with van der Waals surface area (Å²) in [5.41, 5.74) is 0. The van der Waals surface area contributed by atoms with Crippen molar-refractivity contribution in [3.63, 3.8) is 0 Å². The Morgan fingerprint density at radius 1 is 1.10 bits per heavy atom. The Labute approximate surface area is 111 Å². The lowest BCUT2D eigenvalue weighted by Gasteiger charge is -2.37. The van der Waals surface area contributed by atoms with Crippen LogP contribution >= 0.6 is 0 Å². The molecule has 0 aliphatic heterocycles. The van der Waals surface area contributed by atoms with Crippen LogP contribution in [0.4, 0.5) is 26.3 Å². The molecule has 2 atom stereocenters. The number of hydrogen-bond donors (Lipinski definition) is 1. The van der Waals surface area contributed by atoms with Gasteiger partial charge < -0.3 is 10.0 Å². The fourth-order valence-corrected chi connectivity index (χ4v) is 2.38. The van der Waals surface area contributed by atoms with Crippen LogP contribution in [0.5, 0.6) is 0 Å². The van der Waals surface area contributed by atoms with Crippen LogP contribution in [0.2, 0.25) is 0 Å².